The number of anilines is 1. The predicted octanol–water partition coefficient (Wildman–Crippen LogP) is 3.45. The standard InChI is InChI=1S/C14H12N2O3S/c1-10-4-2-3-5-11(10)13(17)12-6-9-20-14(12)15-7-8-16(18)19/h2-9,15H,1H3. The van der Waals surface area contributed by atoms with E-state index in [1.54, 1.807) is 17.5 Å². The Morgan fingerprint density at radius 1 is 1.30 bits per heavy atom. The molecular formula is C14H12N2O3S. The van der Waals surface area contributed by atoms with Gasteiger partial charge in [0, 0.05) is 5.56 Å². The average molecular weight is 288 g/mol. The van der Waals surface area contributed by atoms with Crippen LogP contribution >= 0.6 is 11.3 Å². The number of nitrogens with one attached hydrogen (secondary N) is 1. The summed E-state index contributed by atoms with van der Waals surface area (Å²) in [5, 5.41) is 15.4. The summed E-state index contributed by atoms with van der Waals surface area (Å²) >= 11 is 1.32. The molecule has 0 aliphatic heterocycles. The summed E-state index contributed by atoms with van der Waals surface area (Å²) in [6.45, 7) is 1.87. The summed E-state index contributed by atoms with van der Waals surface area (Å²) in [6, 6.07) is 9.04. The molecule has 0 fully saturated rings. The van der Waals surface area contributed by atoms with Crippen LogP contribution in [0, 0.1) is 17.0 Å². The van der Waals surface area contributed by atoms with Gasteiger partial charge >= 0.3 is 0 Å². The largest absolute Gasteiger partial charge is 0.348 e. The zero-order chi connectivity index (χ0) is 14.5. The minimum Gasteiger partial charge on any atom is -0.348 e. The molecule has 0 saturated heterocycles. The molecule has 1 aromatic heterocycles. The fourth-order valence-corrected chi connectivity index (χ4v) is 2.51. The lowest BCUT2D eigenvalue weighted by atomic mass is 10.0. The normalized spacial score (nSPS) is 10.7. The number of nitro groups is 1. The lowest BCUT2D eigenvalue weighted by Gasteiger charge is -2.05. The topological polar surface area (TPSA) is 72.2 Å². The molecule has 5 nitrogen and oxygen atoms in total. The summed E-state index contributed by atoms with van der Waals surface area (Å²) in [4.78, 5) is 22.1. The van der Waals surface area contributed by atoms with Crippen LogP contribution in [-0.4, -0.2) is 10.7 Å². The Labute approximate surface area is 119 Å². The number of aryl methyl sites for hydroxylation is 1. The van der Waals surface area contributed by atoms with Crippen LogP contribution in [0.15, 0.2) is 48.1 Å². The molecule has 0 unspecified atom stereocenters. The van der Waals surface area contributed by atoms with E-state index in [4.69, 9.17) is 0 Å². The van der Waals surface area contributed by atoms with Crippen molar-refractivity contribution in [1.82, 2.24) is 0 Å². The monoisotopic (exact) mass is 288 g/mol. The van der Waals surface area contributed by atoms with Crippen molar-refractivity contribution in [3.8, 4) is 0 Å². The van der Waals surface area contributed by atoms with Crippen molar-refractivity contribution >= 4 is 22.1 Å². The summed E-state index contributed by atoms with van der Waals surface area (Å²) < 4.78 is 0. The molecule has 0 aliphatic carbocycles. The number of nitrogens with zero attached hydrogens (tertiary/aromatic N) is 1. The zero-order valence-corrected chi connectivity index (χ0v) is 11.5. The third-order valence-electron chi connectivity index (χ3n) is 2.71. The van der Waals surface area contributed by atoms with E-state index < -0.39 is 4.92 Å². The molecule has 2 rings (SSSR count). The van der Waals surface area contributed by atoms with E-state index in [0.717, 1.165) is 11.8 Å². The maximum absolute atomic E-state index is 12.5. The molecular weight excluding hydrogens is 276 g/mol. The van der Waals surface area contributed by atoms with E-state index in [-0.39, 0.29) is 5.78 Å². The first-order chi connectivity index (χ1) is 9.59. The van der Waals surface area contributed by atoms with Gasteiger partial charge in [-0.25, -0.2) is 0 Å². The third kappa shape index (κ3) is 3.10. The maximum Gasteiger partial charge on any atom is 0.250 e. The van der Waals surface area contributed by atoms with Crippen molar-refractivity contribution in [1.29, 1.82) is 0 Å². The van der Waals surface area contributed by atoms with Gasteiger partial charge in [-0.1, -0.05) is 24.3 Å². The van der Waals surface area contributed by atoms with E-state index >= 15 is 0 Å². The first-order valence-corrected chi connectivity index (χ1v) is 6.72. The predicted molar refractivity (Wildman–Crippen MR) is 78.7 cm³/mol. The van der Waals surface area contributed by atoms with E-state index in [9.17, 15) is 14.9 Å². The van der Waals surface area contributed by atoms with Gasteiger partial charge in [0.05, 0.1) is 16.7 Å². The smallest absolute Gasteiger partial charge is 0.250 e. The first-order valence-electron chi connectivity index (χ1n) is 5.84. The second kappa shape index (κ2) is 6.12. The Kier molecular flexibility index (Phi) is 4.27. The summed E-state index contributed by atoms with van der Waals surface area (Å²) in [7, 11) is 0. The van der Waals surface area contributed by atoms with Crippen molar-refractivity contribution in [2.75, 3.05) is 5.32 Å². The van der Waals surface area contributed by atoms with Gasteiger partial charge < -0.3 is 5.32 Å². The lowest BCUT2D eigenvalue weighted by Crippen LogP contribution is -2.04. The van der Waals surface area contributed by atoms with Gasteiger partial charge in [0.2, 0.25) is 6.20 Å². The molecule has 0 spiro atoms. The van der Waals surface area contributed by atoms with Gasteiger partial charge in [0.1, 0.15) is 5.00 Å². The Bertz CT molecular complexity index is 677. The van der Waals surface area contributed by atoms with Gasteiger partial charge in [-0.15, -0.1) is 11.3 Å². The highest BCUT2D eigenvalue weighted by molar-refractivity contribution is 7.14. The number of rotatable bonds is 5. The summed E-state index contributed by atoms with van der Waals surface area (Å²) in [6.07, 6.45) is 2.00. The van der Waals surface area contributed by atoms with Gasteiger partial charge in [0.25, 0.3) is 0 Å². The number of thiophene rings is 1. The van der Waals surface area contributed by atoms with Crippen LogP contribution < -0.4 is 5.32 Å². The summed E-state index contributed by atoms with van der Waals surface area (Å²) in [5.41, 5.74) is 2.04. The van der Waals surface area contributed by atoms with Crippen molar-refractivity contribution in [2.45, 2.75) is 6.92 Å². The highest BCUT2D eigenvalue weighted by Crippen LogP contribution is 2.26. The van der Waals surface area contributed by atoms with Crippen LogP contribution in [0.3, 0.4) is 0 Å². The Hall–Kier alpha value is -2.47. The second-order valence-electron chi connectivity index (χ2n) is 4.05. The van der Waals surface area contributed by atoms with E-state index in [0.29, 0.717) is 16.1 Å². The minimum atomic E-state index is -0.566. The fourth-order valence-electron chi connectivity index (χ4n) is 1.75. The molecule has 1 heterocycles. The van der Waals surface area contributed by atoms with Crippen molar-refractivity contribution in [3.05, 3.63) is 74.9 Å². The van der Waals surface area contributed by atoms with Crippen LogP contribution in [0.2, 0.25) is 0 Å². The van der Waals surface area contributed by atoms with Crippen molar-refractivity contribution in [3.63, 3.8) is 0 Å². The fraction of sp³-hybridized carbons (Fsp3) is 0.0714. The van der Waals surface area contributed by atoms with Gasteiger partial charge in [-0.3, -0.25) is 14.9 Å². The first kappa shape index (κ1) is 14.0. The highest BCUT2D eigenvalue weighted by atomic mass is 32.1. The van der Waals surface area contributed by atoms with Crippen LogP contribution in [0.25, 0.3) is 0 Å². The SMILES string of the molecule is Cc1ccccc1C(=O)c1ccsc1NC=C[N+](=O)[O-]. The van der Waals surface area contributed by atoms with Crippen molar-refractivity contribution in [2.24, 2.45) is 0 Å². The molecule has 102 valence electrons. The summed E-state index contributed by atoms with van der Waals surface area (Å²) in [5.74, 6) is -0.0960. The maximum atomic E-state index is 12.5. The van der Waals surface area contributed by atoms with Crippen LogP contribution in [0.5, 0.6) is 0 Å². The number of carbonyl (C=O) groups excluding carboxylic acids is 1. The second-order valence-corrected chi connectivity index (χ2v) is 4.97. The molecule has 0 saturated carbocycles. The molecule has 0 amide bonds. The zero-order valence-electron chi connectivity index (χ0n) is 10.7. The minimum absolute atomic E-state index is 0.0960. The molecule has 2 aromatic rings. The van der Waals surface area contributed by atoms with E-state index in [2.05, 4.69) is 5.32 Å². The van der Waals surface area contributed by atoms with Gasteiger partial charge in [-0.05, 0) is 23.9 Å². The van der Waals surface area contributed by atoms with Gasteiger partial charge in [0.15, 0.2) is 5.78 Å². The van der Waals surface area contributed by atoms with Gasteiger partial charge in [-0.2, -0.15) is 0 Å². The van der Waals surface area contributed by atoms with E-state index in [1.807, 2.05) is 25.1 Å². The molecule has 0 bridgehead atoms. The van der Waals surface area contributed by atoms with Crippen LogP contribution in [0.1, 0.15) is 21.5 Å². The average Bonchev–Trinajstić information content (AvgIpc) is 2.86. The molecule has 6 heteroatoms. The number of hydrogen-bond acceptors (Lipinski definition) is 5. The Morgan fingerprint density at radius 3 is 2.75 bits per heavy atom. The quantitative estimate of drug-likeness (QED) is 0.519. The van der Waals surface area contributed by atoms with Crippen LogP contribution in [0.4, 0.5) is 5.00 Å². The Morgan fingerprint density at radius 2 is 2.05 bits per heavy atom. The van der Waals surface area contributed by atoms with E-state index in [1.165, 1.54) is 17.5 Å². The molecule has 0 radical (unpaired) electrons. The molecule has 0 aliphatic rings. The number of benzene rings is 1. The lowest BCUT2D eigenvalue weighted by molar-refractivity contribution is -0.402. The number of ketones is 1. The molecule has 1 aromatic carbocycles. The molecule has 20 heavy (non-hydrogen) atoms. The highest BCUT2D eigenvalue weighted by Gasteiger charge is 2.16. The third-order valence-corrected chi connectivity index (χ3v) is 3.56. The van der Waals surface area contributed by atoms with Crippen LogP contribution in [-0.2, 0) is 0 Å². The molecule has 0 atom stereocenters. The van der Waals surface area contributed by atoms with Crippen molar-refractivity contribution < 1.29 is 9.72 Å². The Balaban J connectivity index is 2.26. The molecule has 1 N–H and O–H groups in total. The number of carbonyl (C=O) groups is 1. The number of hydrogen-bond donors (Lipinski definition) is 1.